The first-order chi connectivity index (χ1) is 9.41. The summed E-state index contributed by atoms with van der Waals surface area (Å²) in [7, 11) is -3.25. The predicted octanol–water partition coefficient (Wildman–Crippen LogP) is 0.286. The Morgan fingerprint density at radius 1 is 1.50 bits per heavy atom. The van der Waals surface area contributed by atoms with Gasteiger partial charge in [0.15, 0.2) is 0 Å². The number of rotatable bonds is 5. The Kier molecular flexibility index (Phi) is 4.56. The van der Waals surface area contributed by atoms with E-state index in [1.165, 1.54) is 10.6 Å². The van der Waals surface area contributed by atoms with Crippen LogP contribution in [0.2, 0.25) is 0 Å². The van der Waals surface area contributed by atoms with Crippen LogP contribution in [-0.4, -0.2) is 53.7 Å². The van der Waals surface area contributed by atoms with Crippen LogP contribution in [0.1, 0.15) is 30.4 Å². The molecule has 0 radical (unpaired) electrons. The van der Waals surface area contributed by atoms with Crippen LogP contribution in [0.5, 0.6) is 0 Å². The summed E-state index contributed by atoms with van der Waals surface area (Å²) in [5, 5.41) is 11.8. The van der Waals surface area contributed by atoms with Crippen LogP contribution >= 0.6 is 0 Å². The number of hydrogen-bond acceptors (Lipinski definition) is 6. The highest BCUT2D eigenvalue weighted by molar-refractivity contribution is 7.88. The summed E-state index contributed by atoms with van der Waals surface area (Å²) < 4.78 is 25.0. The van der Waals surface area contributed by atoms with E-state index in [9.17, 15) is 8.42 Å². The van der Waals surface area contributed by atoms with E-state index in [1.54, 1.807) is 6.07 Å². The van der Waals surface area contributed by atoms with Gasteiger partial charge in [-0.1, -0.05) is 0 Å². The van der Waals surface area contributed by atoms with Gasteiger partial charge in [0, 0.05) is 24.8 Å². The van der Waals surface area contributed by atoms with Gasteiger partial charge in [-0.3, -0.25) is 0 Å². The maximum Gasteiger partial charge on any atom is 0.211 e. The predicted molar refractivity (Wildman–Crippen MR) is 75.9 cm³/mol. The van der Waals surface area contributed by atoms with Crippen molar-refractivity contribution >= 4 is 15.8 Å². The van der Waals surface area contributed by atoms with Gasteiger partial charge in [0.1, 0.15) is 11.6 Å². The van der Waals surface area contributed by atoms with E-state index < -0.39 is 10.0 Å². The second-order valence-corrected chi connectivity index (χ2v) is 6.87. The minimum Gasteiger partial charge on any atom is -0.395 e. The van der Waals surface area contributed by atoms with E-state index in [0.717, 1.165) is 18.5 Å². The van der Waals surface area contributed by atoms with Gasteiger partial charge in [-0.15, -0.1) is 0 Å². The molecule has 8 heteroatoms. The Morgan fingerprint density at radius 3 is 2.90 bits per heavy atom. The number of anilines is 1. The smallest absolute Gasteiger partial charge is 0.211 e. The lowest BCUT2D eigenvalue weighted by Crippen LogP contribution is -2.30. The highest BCUT2D eigenvalue weighted by Gasteiger charge is 2.34. The first-order valence-electron chi connectivity index (χ1n) is 6.59. The van der Waals surface area contributed by atoms with Crippen LogP contribution in [0.3, 0.4) is 0 Å². The normalized spacial score (nSPS) is 20.2. The number of aliphatic hydroxyl groups is 1. The summed E-state index contributed by atoms with van der Waals surface area (Å²) in [4.78, 5) is 8.75. The van der Waals surface area contributed by atoms with E-state index in [2.05, 4.69) is 15.3 Å². The van der Waals surface area contributed by atoms with Crippen molar-refractivity contribution in [2.75, 3.05) is 31.3 Å². The largest absolute Gasteiger partial charge is 0.395 e. The maximum absolute atomic E-state index is 11.8. The Hall–Kier alpha value is -1.25. The van der Waals surface area contributed by atoms with Crippen molar-refractivity contribution in [3.8, 4) is 0 Å². The van der Waals surface area contributed by atoms with Crippen molar-refractivity contribution in [1.82, 2.24) is 14.3 Å². The number of aromatic nitrogens is 2. The zero-order valence-corrected chi connectivity index (χ0v) is 12.5. The zero-order valence-electron chi connectivity index (χ0n) is 11.7. The minimum atomic E-state index is -3.25. The van der Waals surface area contributed by atoms with Crippen LogP contribution < -0.4 is 5.32 Å². The summed E-state index contributed by atoms with van der Waals surface area (Å²) in [6.45, 7) is 2.77. The standard InChI is InChI=1S/C12H20N4O3S/c1-9-8-11(13-5-7-17)15-12(14-9)10-4-3-6-16(10)20(2,18)19/h8,10,17H,3-7H2,1-2H3,(H,13,14,15). The highest BCUT2D eigenvalue weighted by Crippen LogP contribution is 2.32. The van der Waals surface area contributed by atoms with Gasteiger partial charge in [0.05, 0.1) is 18.9 Å². The molecule has 0 amide bonds. The van der Waals surface area contributed by atoms with Crippen molar-refractivity contribution in [3.63, 3.8) is 0 Å². The van der Waals surface area contributed by atoms with Crippen LogP contribution in [0, 0.1) is 6.92 Å². The van der Waals surface area contributed by atoms with Gasteiger partial charge < -0.3 is 10.4 Å². The van der Waals surface area contributed by atoms with Gasteiger partial charge in [-0.2, -0.15) is 4.31 Å². The molecule has 1 aliphatic rings. The molecule has 1 aliphatic heterocycles. The van der Waals surface area contributed by atoms with Crippen LogP contribution in [0.25, 0.3) is 0 Å². The van der Waals surface area contributed by atoms with Gasteiger partial charge in [-0.05, 0) is 19.8 Å². The summed E-state index contributed by atoms with van der Waals surface area (Å²) in [5.74, 6) is 1.13. The van der Waals surface area contributed by atoms with Crippen molar-refractivity contribution < 1.29 is 13.5 Å². The first-order valence-corrected chi connectivity index (χ1v) is 8.44. The van der Waals surface area contributed by atoms with Gasteiger partial charge in [-0.25, -0.2) is 18.4 Å². The van der Waals surface area contributed by atoms with Crippen LogP contribution in [0.4, 0.5) is 5.82 Å². The number of nitrogens with zero attached hydrogens (tertiary/aromatic N) is 3. The number of sulfonamides is 1. The van der Waals surface area contributed by atoms with Crippen LogP contribution in [0.15, 0.2) is 6.07 Å². The highest BCUT2D eigenvalue weighted by atomic mass is 32.2. The molecule has 1 aromatic rings. The summed E-state index contributed by atoms with van der Waals surface area (Å²) >= 11 is 0. The van der Waals surface area contributed by atoms with Crippen molar-refractivity contribution in [1.29, 1.82) is 0 Å². The third-order valence-electron chi connectivity index (χ3n) is 3.22. The average molecular weight is 300 g/mol. The second-order valence-electron chi connectivity index (χ2n) is 4.93. The SMILES string of the molecule is Cc1cc(NCCO)nc(C2CCCN2S(C)(=O)=O)n1. The maximum atomic E-state index is 11.8. The lowest BCUT2D eigenvalue weighted by Gasteiger charge is -2.21. The second kappa shape index (κ2) is 6.02. The number of hydrogen-bond donors (Lipinski definition) is 2. The Balaban J connectivity index is 2.29. The fourth-order valence-electron chi connectivity index (χ4n) is 2.41. The molecule has 2 rings (SSSR count). The van der Waals surface area contributed by atoms with Crippen LogP contribution in [-0.2, 0) is 10.0 Å². The Bertz CT molecular complexity index is 576. The molecule has 1 saturated heterocycles. The molecular weight excluding hydrogens is 280 g/mol. The molecule has 112 valence electrons. The molecule has 2 N–H and O–H groups in total. The third-order valence-corrected chi connectivity index (χ3v) is 4.51. The van der Waals surface area contributed by atoms with Crippen molar-refractivity contribution in [2.45, 2.75) is 25.8 Å². The van der Waals surface area contributed by atoms with E-state index in [0.29, 0.717) is 24.7 Å². The molecule has 20 heavy (non-hydrogen) atoms. The molecule has 0 bridgehead atoms. The average Bonchev–Trinajstić information content (AvgIpc) is 2.84. The minimum absolute atomic E-state index is 0.0112. The Morgan fingerprint density at radius 2 is 2.25 bits per heavy atom. The van der Waals surface area contributed by atoms with E-state index in [-0.39, 0.29) is 12.6 Å². The molecule has 0 spiro atoms. The topological polar surface area (TPSA) is 95.4 Å². The molecule has 2 heterocycles. The molecule has 7 nitrogen and oxygen atoms in total. The molecular formula is C12H20N4O3S. The summed E-state index contributed by atoms with van der Waals surface area (Å²) in [6.07, 6.45) is 2.76. The van der Waals surface area contributed by atoms with E-state index >= 15 is 0 Å². The van der Waals surface area contributed by atoms with Gasteiger partial charge in [0.2, 0.25) is 10.0 Å². The quantitative estimate of drug-likeness (QED) is 0.811. The number of aliphatic hydroxyl groups excluding tert-OH is 1. The molecule has 1 fully saturated rings. The molecule has 0 aliphatic carbocycles. The zero-order chi connectivity index (χ0) is 14.8. The summed E-state index contributed by atoms with van der Waals surface area (Å²) in [5.41, 5.74) is 0.774. The van der Waals surface area contributed by atoms with Gasteiger partial charge >= 0.3 is 0 Å². The lowest BCUT2D eigenvalue weighted by molar-refractivity contribution is 0.311. The molecule has 0 aromatic carbocycles. The first kappa shape index (κ1) is 15.1. The molecule has 1 aromatic heterocycles. The van der Waals surface area contributed by atoms with E-state index in [1.807, 2.05) is 6.92 Å². The summed E-state index contributed by atoms with van der Waals surface area (Å²) in [6, 6.07) is 1.48. The molecule has 1 unspecified atom stereocenters. The molecule has 1 atom stereocenters. The van der Waals surface area contributed by atoms with Crippen molar-refractivity contribution in [2.24, 2.45) is 0 Å². The fourth-order valence-corrected chi connectivity index (χ4v) is 3.53. The fraction of sp³-hybridized carbons (Fsp3) is 0.667. The van der Waals surface area contributed by atoms with Crippen molar-refractivity contribution in [3.05, 3.63) is 17.6 Å². The number of nitrogens with one attached hydrogen (secondary N) is 1. The third kappa shape index (κ3) is 3.44. The lowest BCUT2D eigenvalue weighted by atomic mass is 10.2. The monoisotopic (exact) mass is 300 g/mol. The van der Waals surface area contributed by atoms with E-state index in [4.69, 9.17) is 5.11 Å². The van der Waals surface area contributed by atoms with Gasteiger partial charge in [0.25, 0.3) is 0 Å². The molecule has 0 saturated carbocycles. The number of aryl methyl sites for hydroxylation is 1. The Labute approximate surface area is 119 Å².